The van der Waals surface area contributed by atoms with Gasteiger partial charge in [0.05, 0.1) is 5.69 Å². The largest absolute Gasteiger partial charge is 0.478 e. The molecule has 5 heteroatoms. The van der Waals surface area contributed by atoms with Crippen LogP contribution < -0.4 is 10.1 Å². The Kier molecular flexibility index (Phi) is 2.11. The van der Waals surface area contributed by atoms with Crippen molar-refractivity contribution in [2.75, 3.05) is 5.32 Å². The summed E-state index contributed by atoms with van der Waals surface area (Å²) in [5, 5.41) is 11.5. The van der Waals surface area contributed by atoms with Gasteiger partial charge in [0.25, 0.3) is 11.5 Å². The van der Waals surface area contributed by atoms with Crippen molar-refractivity contribution in [2.24, 2.45) is 0 Å². The van der Waals surface area contributed by atoms with Crippen LogP contribution in [0.25, 0.3) is 0 Å². The van der Waals surface area contributed by atoms with E-state index in [1.807, 2.05) is 13.0 Å². The molecule has 1 aromatic carbocycles. The van der Waals surface area contributed by atoms with E-state index in [-0.39, 0.29) is 0 Å². The number of anilines is 1. The molecular formula is C11H11NO4. The number of rotatable bonds is 1. The van der Waals surface area contributed by atoms with E-state index in [0.717, 1.165) is 5.56 Å². The van der Waals surface area contributed by atoms with Gasteiger partial charge in [0.15, 0.2) is 0 Å². The summed E-state index contributed by atoms with van der Waals surface area (Å²) in [4.78, 5) is 22.7. The third kappa shape index (κ3) is 1.32. The Morgan fingerprint density at radius 3 is 2.81 bits per heavy atom. The number of para-hydroxylation sites is 1. The Morgan fingerprint density at radius 2 is 2.19 bits per heavy atom. The second-order valence-electron chi connectivity index (χ2n) is 3.84. The molecule has 1 aromatic rings. The highest BCUT2D eigenvalue weighted by molar-refractivity contribution is 6.13. The minimum atomic E-state index is -1.86. The van der Waals surface area contributed by atoms with Gasteiger partial charge in [-0.1, -0.05) is 12.1 Å². The highest BCUT2D eigenvalue weighted by atomic mass is 16.5. The zero-order valence-electron chi connectivity index (χ0n) is 8.90. The average molecular weight is 221 g/mol. The molecule has 1 aliphatic heterocycles. The van der Waals surface area contributed by atoms with E-state index in [2.05, 4.69) is 5.32 Å². The number of carbonyl (C=O) groups is 2. The van der Waals surface area contributed by atoms with Gasteiger partial charge in [-0.05, 0) is 25.5 Å². The lowest BCUT2D eigenvalue weighted by atomic mass is 10.0. The molecular weight excluding hydrogens is 210 g/mol. The van der Waals surface area contributed by atoms with Gasteiger partial charge < -0.3 is 15.2 Å². The highest BCUT2D eigenvalue weighted by Crippen LogP contribution is 2.35. The standard InChI is InChI=1S/C11H11NO4/c1-6-4-3-5-7-8(6)12-9(13)11(2,16-7)10(14)15/h3-5H,1-2H3,(H,12,13)(H,14,15). The van der Waals surface area contributed by atoms with Crippen LogP contribution in [-0.4, -0.2) is 22.6 Å². The summed E-state index contributed by atoms with van der Waals surface area (Å²) >= 11 is 0. The number of hydrogen-bond donors (Lipinski definition) is 2. The molecule has 0 radical (unpaired) electrons. The van der Waals surface area contributed by atoms with Crippen molar-refractivity contribution >= 4 is 17.6 Å². The molecule has 0 saturated heterocycles. The molecule has 0 aliphatic carbocycles. The zero-order chi connectivity index (χ0) is 11.9. The van der Waals surface area contributed by atoms with Crippen molar-refractivity contribution in [1.29, 1.82) is 0 Å². The predicted molar refractivity (Wildman–Crippen MR) is 56.5 cm³/mol. The molecule has 0 aromatic heterocycles. The Bertz CT molecular complexity index is 483. The minimum Gasteiger partial charge on any atom is -0.478 e. The molecule has 0 spiro atoms. The van der Waals surface area contributed by atoms with E-state index in [1.165, 1.54) is 6.92 Å². The number of amides is 1. The van der Waals surface area contributed by atoms with Crippen molar-refractivity contribution in [3.8, 4) is 5.75 Å². The van der Waals surface area contributed by atoms with Crippen LogP contribution in [0, 0.1) is 6.92 Å². The predicted octanol–water partition coefficient (Wildman–Crippen LogP) is 1.17. The summed E-state index contributed by atoms with van der Waals surface area (Å²) in [5.74, 6) is -1.59. The summed E-state index contributed by atoms with van der Waals surface area (Å²) in [6.07, 6.45) is 0. The second-order valence-corrected chi connectivity index (χ2v) is 3.84. The van der Waals surface area contributed by atoms with E-state index in [4.69, 9.17) is 9.84 Å². The molecule has 5 nitrogen and oxygen atoms in total. The number of carbonyl (C=O) groups excluding carboxylic acids is 1. The minimum absolute atomic E-state index is 0.379. The van der Waals surface area contributed by atoms with E-state index in [1.54, 1.807) is 12.1 Å². The molecule has 1 unspecified atom stereocenters. The molecule has 2 N–H and O–H groups in total. The first-order chi connectivity index (χ1) is 7.45. The van der Waals surface area contributed by atoms with Crippen molar-refractivity contribution in [3.05, 3.63) is 23.8 Å². The first-order valence-electron chi connectivity index (χ1n) is 4.78. The summed E-state index contributed by atoms with van der Waals surface area (Å²) in [6, 6.07) is 5.18. The molecule has 1 aliphatic rings. The van der Waals surface area contributed by atoms with Gasteiger partial charge in [-0.3, -0.25) is 4.79 Å². The molecule has 1 amide bonds. The fraction of sp³-hybridized carbons (Fsp3) is 0.273. The maximum Gasteiger partial charge on any atom is 0.357 e. The number of aryl methyl sites for hydroxylation is 1. The fourth-order valence-electron chi connectivity index (χ4n) is 1.53. The highest BCUT2D eigenvalue weighted by Gasteiger charge is 2.47. The van der Waals surface area contributed by atoms with Crippen LogP contribution in [0.1, 0.15) is 12.5 Å². The molecule has 0 fully saturated rings. The molecule has 2 rings (SSSR count). The van der Waals surface area contributed by atoms with Crippen molar-refractivity contribution in [1.82, 2.24) is 0 Å². The van der Waals surface area contributed by atoms with Gasteiger partial charge in [0.2, 0.25) is 0 Å². The van der Waals surface area contributed by atoms with Crippen LogP contribution in [0.3, 0.4) is 0 Å². The van der Waals surface area contributed by atoms with Gasteiger partial charge >= 0.3 is 5.97 Å². The second kappa shape index (κ2) is 3.23. The summed E-state index contributed by atoms with van der Waals surface area (Å²) < 4.78 is 5.26. The summed E-state index contributed by atoms with van der Waals surface area (Å²) in [5.41, 5.74) is -0.495. The lowest BCUT2D eigenvalue weighted by molar-refractivity contribution is -0.159. The maximum atomic E-state index is 11.7. The Labute approximate surface area is 92.0 Å². The number of nitrogens with one attached hydrogen (secondary N) is 1. The third-order valence-corrected chi connectivity index (χ3v) is 2.63. The van der Waals surface area contributed by atoms with Gasteiger partial charge in [0, 0.05) is 0 Å². The quantitative estimate of drug-likeness (QED) is 0.698. The lowest BCUT2D eigenvalue weighted by Crippen LogP contribution is -2.54. The van der Waals surface area contributed by atoms with Crippen molar-refractivity contribution in [2.45, 2.75) is 19.4 Å². The van der Waals surface area contributed by atoms with Crippen molar-refractivity contribution in [3.63, 3.8) is 0 Å². The first kappa shape index (κ1) is 10.5. The Balaban J connectivity index is 2.51. The van der Waals surface area contributed by atoms with Crippen LogP contribution in [0.5, 0.6) is 5.75 Å². The van der Waals surface area contributed by atoms with Gasteiger partial charge in [0.1, 0.15) is 5.75 Å². The lowest BCUT2D eigenvalue weighted by Gasteiger charge is -2.31. The normalized spacial score (nSPS) is 23.0. The van der Waals surface area contributed by atoms with Gasteiger partial charge in [-0.2, -0.15) is 0 Å². The van der Waals surface area contributed by atoms with Crippen molar-refractivity contribution < 1.29 is 19.4 Å². The number of carboxylic acid groups (broad SMARTS) is 1. The van der Waals surface area contributed by atoms with Crippen LogP contribution in [0.4, 0.5) is 5.69 Å². The first-order valence-corrected chi connectivity index (χ1v) is 4.78. The van der Waals surface area contributed by atoms with Crippen LogP contribution in [-0.2, 0) is 9.59 Å². The van der Waals surface area contributed by atoms with Crippen LogP contribution >= 0.6 is 0 Å². The number of carboxylic acids is 1. The molecule has 1 heterocycles. The Morgan fingerprint density at radius 1 is 1.50 bits per heavy atom. The number of aliphatic carboxylic acids is 1. The van der Waals surface area contributed by atoms with E-state index in [0.29, 0.717) is 11.4 Å². The van der Waals surface area contributed by atoms with Gasteiger partial charge in [-0.25, -0.2) is 4.79 Å². The number of hydrogen-bond acceptors (Lipinski definition) is 3. The Hall–Kier alpha value is -2.04. The summed E-state index contributed by atoms with van der Waals surface area (Å²) in [7, 11) is 0. The number of ether oxygens (including phenoxy) is 1. The third-order valence-electron chi connectivity index (χ3n) is 2.63. The molecule has 0 bridgehead atoms. The number of fused-ring (bicyclic) bond motifs is 1. The molecule has 1 atom stereocenters. The average Bonchev–Trinajstić information content (AvgIpc) is 2.21. The SMILES string of the molecule is Cc1cccc2c1NC(=O)C(C)(C(=O)O)O2. The molecule has 84 valence electrons. The summed E-state index contributed by atoms with van der Waals surface area (Å²) in [6.45, 7) is 3.04. The molecule has 16 heavy (non-hydrogen) atoms. The zero-order valence-corrected chi connectivity index (χ0v) is 8.90. The monoisotopic (exact) mass is 221 g/mol. The smallest absolute Gasteiger partial charge is 0.357 e. The van der Waals surface area contributed by atoms with E-state index in [9.17, 15) is 9.59 Å². The van der Waals surface area contributed by atoms with Gasteiger partial charge in [-0.15, -0.1) is 0 Å². The van der Waals surface area contributed by atoms with E-state index < -0.39 is 17.5 Å². The van der Waals surface area contributed by atoms with Crippen LogP contribution in [0.15, 0.2) is 18.2 Å². The number of benzene rings is 1. The van der Waals surface area contributed by atoms with E-state index >= 15 is 0 Å². The topological polar surface area (TPSA) is 75.6 Å². The fourth-order valence-corrected chi connectivity index (χ4v) is 1.53. The molecule has 0 saturated carbocycles. The maximum absolute atomic E-state index is 11.7. The van der Waals surface area contributed by atoms with Crippen LogP contribution in [0.2, 0.25) is 0 Å².